The average Bonchev–Trinajstić information content (AvgIpc) is 2.06. The van der Waals surface area contributed by atoms with Gasteiger partial charge in [-0.3, -0.25) is 4.79 Å². The summed E-state index contributed by atoms with van der Waals surface area (Å²) in [5, 5.41) is 1.01. The van der Waals surface area contributed by atoms with Crippen molar-refractivity contribution in [1.82, 2.24) is 0 Å². The average molecular weight is 206 g/mol. The van der Waals surface area contributed by atoms with Crippen molar-refractivity contribution in [2.24, 2.45) is 0 Å². The predicted molar refractivity (Wildman–Crippen MR) is 54.6 cm³/mol. The van der Waals surface area contributed by atoms with E-state index in [-0.39, 0.29) is 10.7 Å². The number of hydrogen-bond acceptors (Lipinski definition) is 4. The highest BCUT2D eigenvalue weighted by Crippen LogP contribution is 2.38. The minimum atomic E-state index is -0.277. The third-order valence-corrected chi connectivity index (χ3v) is 4.53. The van der Waals surface area contributed by atoms with Crippen LogP contribution in [0.25, 0.3) is 0 Å². The van der Waals surface area contributed by atoms with Crippen LogP contribution in [0.2, 0.25) is 0 Å². The minimum absolute atomic E-state index is 0.0460. The molecule has 1 rings (SSSR count). The first-order chi connectivity index (χ1) is 5.69. The molecule has 2 nitrogen and oxygen atoms in total. The van der Waals surface area contributed by atoms with Crippen LogP contribution in [0.5, 0.6) is 0 Å². The third kappa shape index (κ3) is 2.33. The van der Waals surface area contributed by atoms with E-state index in [0.717, 1.165) is 17.3 Å². The number of rotatable bonds is 2. The number of esters is 1. The van der Waals surface area contributed by atoms with Crippen LogP contribution in [0.1, 0.15) is 20.3 Å². The second-order valence-electron chi connectivity index (χ2n) is 2.87. The van der Waals surface area contributed by atoms with Gasteiger partial charge in [-0.25, -0.2) is 0 Å². The number of hydrogen-bond donors (Lipinski definition) is 0. The molecule has 0 aliphatic carbocycles. The Morgan fingerprint density at radius 1 is 1.67 bits per heavy atom. The summed E-state index contributed by atoms with van der Waals surface area (Å²) in [4.78, 5) is 11.5. The zero-order chi connectivity index (χ0) is 9.03. The van der Waals surface area contributed by atoms with Crippen molar-refractivity contribution in [2.45, 2.75) is 25.0 Å². The molecule has 0 amide bonds. The quantitative estimate of drug-likeness (QED) is 0.647. The molecule has 0 spiro atoms. The summed E-state index contributed by atoms with van der Waals surface area (Å²) in [6, 6.07) is 0. The van der Waals surface area contributed by atoms with Crippen molar-refractivity contribution < 1.29 is 9.53 Å². The molecule has 1 unspecified atom stereocenters. The van der Waals surface area contributed by atoms with Crippen LogP contribution in [0.3, 0.4) is 0 Å². The number of carbonyl (C=O) groups excluding carboxylic acids is 1. The van der Waals surface area contributed by atoms with Gasteiger partial charge in [0.05, 0.1) is 6.61 Å². The maximum Gasteiger partial charge on any atom is 0.321 e. The molecule has 0 aromatic carbocycles. The first-order valence-corrected chi connectivity index (χ1v) is 6.22. The normalized spacial score (nSPS) is 29.8. The molecule has 0 saturated carbocycles. The zero-order valence-electron chi connectivity index (χ0n) is 7.46. The molecule has 0 radical (unpaired) electrons. The van der Waals surface area contributed by atoms with Crippen molar-refractivity contribution in [2.75, 3.05) is 17.4 Å². The van der Waals surface area contributed by atoms with Crippen LogP contribution in [0.4, 0.5) is 0 Å². The molecule has 12 heavy (non-hydrogen) atoms. The number of thioether (sulfide) groups is 2. The van der Waals surface area contributed by atoms with Crippen LogP contribution < -0.4 is 0 Å². The third-order valence-electron chi connectivity index (χ3n) is 1.89. The molecule has 1 aliphatic heterocycles. The van der Waals surface area contributed by atoms with Gasteiger partial charge in [0.25, 0.3) is 0 Å². The number of carbonyl (C=O) groups is 1. The molecule has 0 bridgehead atoms. The van der Waals surface area contributed by atoms with Crippen LogP contribution in [0.15, 0.2) is 0 Å². The van der Waals surface area contributed by atoms with Gasteiger partial charge in [-0.15, -0.1) is 11.8 Å². The summed E-state index contributed by atoms with van der Waals surface area (Å²) in [6.45, 7) is 4.32. The van der Waals surface area contributed by atoms with E-state index in [2.05, 4.69) is 0 Å². The lowest BCUT2D eigenvalue weighted by Crippen LogP contribution is -2.36. The van der Waals surface area contributed by atoms with E-state index in [0.29, 0.717) is 6.61 Å². The highest BCUT2D eigenvalue weighted by molar-refractivity contribution is 8.17. The largest absolute Gasteiger partial charge is 0.465 e. The molecule has 0 aromatic rings. The number of ether oxygens (including phenoxy) is 1. The monoisotopic (exact) mass is 206 g/mol. The van der Waals surface area contributed by atoms with E-state index in [1.165, 1.54) is 0 Å². The molecular weight excluding hydrogens is 192 g/mol. The van der Waals surface area contributed by atoms with Crippen molar-refractivity contribution in [1.29, 1.82) is 0 Å². The fraction of sp³-hybridized carbons (Fsp3) is 0.875. The van der Waals surface area contributed by atoms with Crippen LogP contribution in [-0.4, -0.2) is 28.2 Å². The fourth-order valence-electron chi connectivity index (χ4n) is 1.01. The molecule has 4 heteroatoms. The first-order valence-electron chi connectivity index (χ1n) is 4.08. The van der Waals surface area contributed by atoms with Crippen molar-refractivity contribution >= 4 is 29.5 Å². The highest BCUT2D eigenvalue weighted by atomic mass is 32.2. The molecule has 1 aliphatic rings. The Kier molecular flexibility index (Phi) is 3.77. The van der Waals surface area contributed by atoms with Crippen LogP contribution in [-0.2, 0) is 9.53 Å². The van der Waals surface area contributed by atoms with Crippen molar-refractivity contribution in [3.63, 3.8) is 0 Å². The van der Waals surface area contributed by atoms with Gasteiger partial charge in [-0.05, 0) is 26.0 Å². The lowest BCUT2D eigenvalue weighted by molar-refractivity contribution is -0.145. The van der Waals surface area contributed by atoms with Gasteiger partial charge < -0.3 is 4.74 Å². The second kappa shape index (κ2) is 4.42. The van der Waals surface area contributed by atoms with E-state index in [1.54, 1.807) is 11.8 Å². The Labute approximate surface area is 81.8 Å². The fourth-order valence-corrected chi connectivity index (χ4v) is 3.96. The Balaban J connectivity index is 2.50. The summed E-state index contributed by atoms with van der Waals surface area (Å²) >= 11 is 3.59. The Hall–Kier alpha value is 0.170. The van der Waals surface area contributed by atoms with Gasteiger partial charge in [0.1, 0.15) is 4.75 Å². The van der Waals surface area contributed by atoms with Gasteiger partial charge in [-0.2, -0.15) is 11.8 Å². The van der Waals surface area contributed by atoms with Gasteiger partial charge >= 0.3 is 5.97 Å². The Morgan fingerprint density at radius 3 is 2.92 bits per heavy atom. The van der Waals surface area contributed by atoms with E-state index in [9.17, 15) is 4.79 Å². The van der Waals surface area contributed by atoms with Gasteiger partial charge in [-0.1, -0.05) is 0 Å². The first kappa shape index (κ1) is 10.3. The molecule has 1 fully saturated rings. The Morgan fingerprint density at radius 2 is 2.42 bits per heavy atom. The van der Waals surface area contributed by atoms with E-state index in [1.807, 2.05) is 25.6 Å². The molecule has 1 saturated heterocycles. The summed E-state index contributed by atoms with van der Waals surface area (Å²) in [5.41, 5.74) is 0. The Bertz CT molecular complexity index is 164. The molecule has 1 atom stereocenters. The standard InChI is InChI=1S/C8H14O2S2/c1-3-10-7(9)8(2)4-5-11-6-12-8/h3-6H2,1-2H3. The molecule has 1 heterocycles. The van der Waals surface area contributed by atoms with Gasteiger partial charge in [0.2, 0.25) is 0 Å². The molecule has 0 N–H and O–H groups in total. The predicted octanol–water partition coefficient (Wildman–Crippen LogP) is 2.14. The minimum Gasteiger partial charge on any atom is -0.465 e. The maximum absolute atomic E-state index is 11.5. The summed E-state index contributed by atoms with van der Waals surface area (Å²) in [5.74, 6) is 1.03. The lowest BCUT2D eigenvalue weighted by Gasteiger charge is -2.29. The highest BCUT2D eigenvalue weighted by Gasteiger charge is 2.36. The van der Waals surface area contributed by atoms with Crippen molar-refractivity contribution in [3.8, 4) is 0 Å². The van der Waals surface area contributed by atoms with E-state index < -0.39 is 0 Å². The van der Waals surface area contributed by atoms with Crippen LogP contribution >= 0.6 is 23.5 Å². The molecule has 0 aromatic heterocycles. The van der Waals surface area contributed by atoms with Crippen molar-refractivity contribution in [3.05, 3.63) is 0 Å². The summed E-state index contributed by atoms with van der Waals surface area (Å²) in [6.07, 6.45) is 0.932. The van der Waals surface area contributed by atoms with Gasteiger partial charge in [0.15, 0.2) is 0 Å². The topological polar surface area (TPSA) is 26.3 Å². The molecule has 70 valence electrons. The van der Waals surface area contributed by atoms with Gasteiger partial charge in [0, 0.05) is 5.08 Å². The smallest absolute Gasteiger partial charge is 0.321 e. The summed E-state index contributed by atoms with van der Waals surface area (Å²) < 4.78 is 4.74. The second-order valence-corrected chi connectivity index (χ2v) is 5.82. The SMILES string of the molecule is CCOC(=O)C1(C)CCSCS1. The molecular formula is C8H14O2S2. The lowest BCUT2D eigenvalue weighted by atomic mass is 10.1. The maximum atomic E-state index is 11.5. The summed E-state index contributed by atoms with van der Waals surface area (Å²) in [7, 11) is 0. The van der Waals surface area contributed by atoms with E-state index in [4.69, 9.17) is 4.74 Å². The zero-order valence-corrected chi connectivity index (χ0v) is 9.09. The van der Waals surface area contributed by atoms with E-state index >= 15 is 0 Å². The van der Waals surface area contributed by atoms with Crippen LogP contribution in [0, 0.1) is 0 Å².